The lowest BCUT2D eigenvalue weighted by molar-refractivity contribution is 0.668. The molecular weight excluding hydrogens is 849 g/mol. The highest BCUT2D eigenvalue weighted by molar-refractivity contribution is 6.09. The summed E-state index contributed by atoms with van der Waals surface area (Å²) in [6.45, 7) is 0. The molecule has 0 amide bonds. The van der Waals surface area contributed by atoms with Gasteiger partial charge in [-0.3, -0.25) is 4.57 Å². The second kappa shape index (κ2) is 14.7. The maximum absolute atomic E-state index is 6.37. The number of hydrogen-bond acceptors (Lipinski definition) is 2. The van der Waals surface area contributed by atoms with Gasteiger partial charge in [0.1, 0.15) is 17.0 Å². The Balaban J connectivity index is 0.928. The first-order chi connectivity index (χ1) is 34.7. The molecule has 0 spiro atoms. The third kappa shape index (κ3) is 5.21. The van der Waals surface area contributed by atoms with Crippen molar-refractivity contribution >= 4 is 43.7 Å². The molecule has 0 aliphatic heterocycles. The topological polar surface area (TPSA) is 31.0 Å². The van der Waals surface area contributed by atoms with Crippen molar-refractivity contribution < 1.29 is 4.42 Å². The fourth-order valence-corrected chi connectivity index (χ4v) is 12.7. The summed E-state index contributed by atoms with van der Waals surface area (Å²) in [6, 6.07) is 93.5. The van der Waals surface area contributed by atoms with Gasteiger partial charge >= 0.3 is 0 Å². The van der Waals surface area contributed by atoms with Gasteiger partial charge in [-0.15, -0.1) is 0 Å². The summed E-state index contributed by atoms with van der Waals surface area (Å²) in [5.74, 6) is 0.899. The average Bonchev–Trinajstić information content (AvgIpc) is 4.16. The first-order valence-corrected chi connectivity index (χ1v) is 24.2. The zero-order chi connectivity index (χ0) is 46.0. The van der Waals surface area contributed by atoms with Gasteiger partial charge in [0, 0.05) is 21.5 Å². The molecular formula is C67H42N2O. The van der Waals surface area contributed by atoms with Gasteiger partial charge in [-0.25, -0.2) is 4.98 Å². The van der Waals surface area contributed by atoms with Crippen LogP contribution in [0.4, 0.5) is 0 Å². The first kappa shape index (κ1) is 39.0. The molecule has 15 rings (SSSR count). The predicted octanol–water partition coefficient (Wildman–Crippen LogP) is 16.5. The molecule has 0 saturated carbocycles. The molecule has 2 aliphatic carbocycles. The van der Waals surface area contributed by atoms with Crippen LogP contribution in [0, 0.1) is 0 Å². The largest absolute Gasteiger partial charge is 0.456 e. The number of aromatic nitrogens is 2. The number of rotatable bonds is 6. The van der Waals surface area contributed by atoms with Gasteiger partial charge in [-0.05, 0) is 127 Å². The van der Waals surface area contributed by atoms with Gasteiger partial charge in [0.05, 0.1) is 27.6 Å². The molecule has 0 bridgehead atoms. The van der Waals surface area contributed by atoms with Gasteiger partial charge < -0.3 is 4.42 Å². The van der Waals surface area contributed by atoms with Crippen LogP contribution in [0.15, 0.2) is 259 Å². The Kier molecular flexibility index (Phi) is 8.20. The van der Waals surface area contributed by atoms with Crippen molar-refractivity contribution in [2.75, 3.05) is 0 Å². The minimum atomic E-state index is -0.673. The molecule has 70 heavy (non-hydrogen) atoms. The summed E-state index contributed by atoms with van der Waals surface area (Å²) in [6.07, 6.45) is 0. The number of benzene rings is 10. The number of hydrogen-bond donors (Lipinski definition) is 0. The lowest BCUT2D eigenvalue weighted by Crippen LogP contribution is -2.30. The first-order valence-electron chi connectivity index (χ1n) is 24.2. The summed E-state index contributed by atoms with van der Waals surface area (Å²) >= 11 is 0. The van der Waals surface area contributed by atoms with Crippen LogP contribution in [0.5, 0.6) is 0 Å². The second-order valence-electron chi connectivity index (χ2n) is 18.9. The van der Waals surface area contributed by atoms with Crippen LogP contribution >= 0.6 is 0 Å². The summed E-state index contributed by atoms with van der Waals surface area (Å²) in [4.78, 5) is 5.73. The van der Waals surface area contributed by atoms with Gasteiger partial charge in [-0.2, -0.15) is 0 Å². The van der Waals surface area contributed by atoms with E-state index in [1.54, 1.807) is 0 Å². The van der Waals surface area contributed by atoms with Crippen LogP contribution in [0.2, 0.25) is 0 Å². The lowest BCUT2D eigenvalue weighted by atomic mass is 9.67. The molecule has 3 heteroatoms. The minimum Gasteiger partial charge on any atom is -0.456 e. The molecule has 3 heterocycles. The highest BCUT2D eigenvalue weighted by Gasteiger charge is 2.49. The van der Waals surface area contributed by atoms with E-state index in [2.05, 4.69) is 253 Å². The zero-order valence-electron chi connectivity index (χ0n) is 38.1. The molecule has 2 atom stereocenters. The molecule has 3 aromatic heterocycles. The van der Waals surface area contributed by atoms with Crippen LogP contribution < -0.4 is 0 Å². The number of fused-ring (bicyclic) bond motifs is 12. The van der Waals surface area contributed by atoms with Crippen molar-refractivity contribution in [3.63, 3.8) is 0 Å². The maximum Gasteiger partial charge on any atom is 0.137 e. The fraction of sp³-hybridized carbons (Fsp3) is 0.0299. The van der Waals surface area contributed by atoms with Gasteiger partial charge in [0.25, 0.3) is 0 Å². The van der Waals surface area contributed by atoms with Crippen LogP contribution in [-0.2, 0) is 10.8 Å². The van der Waals surface area contributed by atoms with Gasteiger partial charge in [0.2, 0.25) is 0 Å². The highest BCUT2D eigenvalue weighted by atomic mass is 16.3. The quantitative estimate of drug-likeness (QED) is 0.167. The Morgan fingerprint density at radius 1 is 0.314 bits per heavy atom. The van der Waals surface area contributed by atoms with Crippen molar-refractivity contribution in [2.45, 2.75) is 10.8 Å². The molecule has 2 unspecified atom stereocenters. The van der Waals surface area contributed by atoms with Crippen molar-refractivity contribution in [1.82, 2.24) is 9.55 Å². The van der Waals surface area contributed by atoms with Crippen LogP contribution in [0.1, 0.15) is 44.6 Å². The van der Waals surface area contributed by atoms with Gasteiger partial charge in [0.15, 0.2) is 0 Å². The SMILES string of the molecule is c1ccc(C2(c3ccc4oc5ccccc5c4c3)c3ccccc3-c3cc(-c4ccc5c(c4)-c4ccccc4C5(c4ccccc4)c4cccc(-n5c6ccccc6c6ccccc65)n4)ccc32)cc1. The molecule has 0 N–H and O–H groups in total. The molecule has 3 nitrogen and oxygen atoms in total. The number of nitrogens with zero attached hydrogens (tertiary/aromatic N) is 2. The van der Waals surface area contributed by atoms with E-state index in [0.29, 0.717) is 0 Å². The summed E-state index contributed by atoms with van der Waals surface area (Å²) < 4.78 is 8.70. The Bertz CT molecular complexity index is 4200. The number of furan rings is 1. The third-order valence-corrected chi connectivity index (χ3v) is 15.6. The van der Waals surface area contributed by atoms with E-state index in [-0.39, 0.29) is 0 Å². The normalized spacial score (nSPS) is 16.7. The molecule has 0 fully saturated rings. The number of pyridine rings is 1. The van der Waals surface area contributed by atoms with E-state index in [1.807, 2.05) is 6.07 Å². The highest BCUT2D eigenvalue weighted by Crippen LogP contribution is 2.59. The molecule has 10 aromatic carbocycles. The van der Waals surface area contributed by atoms with Crippen molar-refractivity contribution in [3.05, 3.63) is 299 Å². The summed E-state index contributed by atoms with van der Waals surface area (Å²) in [5, 5.41) is 4.70. The molecule has 2 aliphatic rings. The Morgan fingerprint density at radius 2 is 0.814 bits per heavy atom. The number of para-hydroxylation sites is 3. The predicted molar refractivity (Wildman–Crippen MR) is 286 cm³/mol. The van der Waals surface area contributed by atoms with Crippen molar-refractivity contribution in [1.29, 1.82) is 0 Å². The Morgan fingerprint density at radius 3 is 1.47 bits per heavy atom. The molecule has 0 saturated heterocycles. The molecule has 13 aromatic rings. The lowest BCUT2D eigenvalue weighted by Gasteiger charge is -2.34. The van der Waals surface area contributed by atoms with Crippen molar-refractivity contribution in [3.8, 4) is 39.2 Å². The maximum atomic E-state index is 6.37. The molecule has 326 valence electrons. The minimum absolute atomic E-state index is 0.550. The fourth-order valence-electron chi connectivity index (χ4n) is 12.7. The zero-order valence-corrected chi connectivity index (χ0v) is 38.1. The van der Waals surface area contributed by atoms with E-state index in [1.165, 1.54) is 83.1 Å². The second-order valence-corrected chi connectivity index (χ2v) is 18.9. The van der Waals surface area contributed by atoms with E-state index < -0.39 is 10.8 Å². The van der Waals surface area contributed by atoms with E-state index in [0.717, 1.165) is 44.5 Å². The van der Waals surface area contributed by atoms with E-state index in [9.17, 15) is 0 Å². The van der Waals surface area contributed by atoms with Crippen molar-refractivity contribution in [2.24, 2.45) is 0 Å². The molecule has 0 radical (unpaired) electrons. The van der Waals surface area contributed by atoms with Crippen LogP contribution in [0.25, 0.3) is 82.9 Å². The average molecular weight is 891 g/mol. The smallest absolute Gasteiger partial charge is 0.137 e. The summed E-state index contributed by atoms with van der Waals surface area (Å²) in [5.41, 5.74) is 19.8. The summed E-state index contributed by atoms with van der Waals surface area (Å²) in [7, 11) is 0. The van der Waals surface area contributed by atoms with E-state index >= 15 is 0 Å². The van der Waals surface area contributed by atoms with Gasteiger partial charge in [-0.1, -0.05) is 200 Å². The standard InChI is InChI=1S/C67H42N2O/c1-3-18-45(19-4-1)66(47-36-39-63-55(42-47)52-26-11-16-31-62(52)70-63)56-27-12-7-22-48(56)53-40-43(34-37-58(53)66)44-35-38-59-54(41-44)49-23-8-13-28-57(49)67(59,46-20-5-2-6-21-46)64-32-17-33-65(68-64)69-60-29-14-9-24-50(60)51-25-10-15-30-61(51)69/h1-42H. The van der Waals surface area contributed by atoms with Crippen LogP contribution in [-0.4, -0.2) is 9.55 Å². The van der Waals surface area contributed by atoms with E-state index in [4.69, 9.17) is 9.40 Å². The third-order valence-electron chi connectivity index (χ3n) is 15.6. The Hall–Kier alpha value is -9.05. The Labute approximate surface area is 405 Å². The monoisotopic (exact) mass is 890 g/mol. The van der Waals surface area contributed by atoms with Crippen LogP contribution in [0.3, 0.4) is 0 Å².